The first-order chi connectivity index (χ1) is 9.95. The molecule has 1 aliphatic rings. The van der Waals surface area contributed by atoms with E-state index in [4.69, 9.17) is 29.6 Å². The number of halogens is 2. The van der Waals surface area contributed by atoms with Crippen LogP contribution in [-0.2, 0) is 0 Å². The zero-order valence-electron chi connectivity index (χ0n) is 11.4. The second kappa shape index (κ2) is 7.54. The summed E-state index contributed by atoms with van der Waals surface area (Å²) in [5.41, 5.74) is 6.12. The predicted octanol–water partition coefficient (Wildman–Crippen LogP) is 2.58. The maximum atomic E-state index is 12.2. The van der Waals surface area contributed by atoms with Gasteiger partial charge in [0.1, 0.15) is 0 Å². The molecule has 21 heavy (non-hydrogen) atoms. The Balaban J connectivity index is 1.86. The lowest BCUT2D eigenvalue weighted by Crippen LogP contribution is -2.46. The molecule has 1 amide bonds. The van der Waals surface area contributed by atoms with Crippen molar-refractivity contribution in [1.29, 1.82) is 0 Å². The highest BCUT2D eigenvalue weighted by molar-refractivity contribution is 9.10. The van der Waals surface area contributed by atoms with Gasteiger partial charge in [0, 0.05) is 35.7 Å². The molecule has 4 nitrogen and oxygen atoms in total. The van der Waals surface area contributed by atoms with Crippen LogP contribution in [-0.4, -0.2) is 41.5 Å². The van der Waals surface area contributed by atoms with Crippen molar-refractivity contribution in [2.24, 2.45) is 5.73 Å². The van der Waals surface area contributed by atoms with Gasteiger partial charge in [-0.1, -0.05) is 23.8 Å². The van der Waals surface area contributed by atoms with E-state index in [0.29, 0.717) is 22.1 Å². The zero-order chi connectivity index (χ0) is 15.4. The summed E-state index contributed by atoms with van der Waals surface area (Å²) in [4.78, 5) is 14.9. The van der Waals surface area contributed by atoms with Crippen molar-refractivity contribution in [2.45, 2.75) is 18.9 Å². The van der Waals surface area contributed by atoms with Crippen LogP contribution in [0.1, 0.15) is 23.2 Å². The SMILES string of the molecule is NC(=S)CN1CCC(NC(=O)c2ccc(Br)c(Cl)c2)CC1. The average Bonchev–Trinajstić information content (AvgIpc) is 2.43. The maximum Gasteiger partial charge on any atom is 0.251 e. The number of carbonyl (C=O) groups excluding carboxylic acids is 1. The van der Waals surface area contributed by atoms with Crippen molar-refractivity contribution in [3.8, 4) is 0 Å². The molecule has 2 rings (SSSR count). The maximum absolute atomic E-state index is 12.2. The molecule has 0 unspecified atom stereocenters. The highest BCUT2D eigenvalue weighted by atomic mass is 79.9. The van der Waals surface area contributed by atoms with E-state index in [1.807, 2.05) is 0 Å². The molecule has 1 aromatic rings. The van der Waals surface area contributed by atoms with E-state index >= 15 is 0 Å². The molecule has 1 fully saturated rings. The third-order valence-electron chi connectivity index (χ3n) is 3.48. The molecule has 0 spiro atoms. The molecular weight excluding hydrogens is 374 g/mol. The molecule has 0 radical (unpaired) electrons. The summed E-state index contributed by atoms with van der Waals surface area (Å²) in [5, 5.41) is 3.59. The van der Waals surface area contributed by atoms with Gasteiger partial charge in [-0.15, -0.1) is 0 Å². The minimum Gasteiger partial charge on any atom is -0.392 e. The highest BCUT2D eigenvalue weighted by Crippen LogP contribution is 2.23. The molecule has 0 aliphatic carbocycles. The van der Waals surface area contributed by atoms with Crippen molar-refractivity contribution in [1.82, 2.24) is 10.2 Å². The first-order valence-electron chi connectivity index (χ1n) is 6.72. The number of nitrogens with zero attached hydrogens (tertiary/aromatic N) is 1. The number of hydrogen-bond acceptors (Lipinski definition) is 3. The third kappa shape index (κ3) is 4.92. The van der Waals surface area contributed by atoms with E-state index < -0.39 is 0 Å². The van der Waals surface area contributed by atoms with Crippen LogP contribution in [0.15, 0.2) is 22.7 Å². The molecule has 3 N–H and O–H groups in total. The van der Waals surface area contributed by atoms with E-state index in [1.165, 1.54) is 0 Å². The van der Waals surface area contributed by atoms with Gasteiger partial charge < -0.3 is 11.1 Å². The minimum atomic E-state index is -0.0859. The molecule has 1 aliphatic heterocycles. The van der Waals surface area contributed by atoms with Gasteiger partial charge in [0.2, 0.25) is 0 Å². The number of rotatable bonds is 4. The molecule has 0 atom stereocenters. The molecule has 114 valence electrons. The van der Waals surface area contributed by atoms with Crippen molar-refractivity contribution in [3.63, 3.8) is 0 Å². The number of amides is 1. The van der Waals surface area contributed by atoms with E-state index in [9.17, 15) is 4.79 Å². The number of benzene rings is 1. The van der Waals surface area contributed by atoms with E-state index in [0.717, 1.165) is 30.4 Å². The fourth-order valence-electron chi connectivity index (χ4n) is 2.36. The Morgan fingerprint density at radius 2 is 2.14 bits per heavy atom. The highest BCUT2D eigenvalue weighted by Gasteiger charge is 2.21. The summed E-state index contributed by atoms with van der Waals surface area (Å²) in [7, 11) is 0. The normalized spacial score (nSPS) is 16.7. The Morgan fingerprint density at radius 3 is 2.71 bits per heavy atom. The second-order valence-corrected chi connectivity index (χ2v) is 6.90. The van der Waals surface area contributed by atoms with E-state index in [1.54, 1.807) is 18.2 Å². The van der Waals surface area contributed by atoms with Crippen LogP contribution >= 0.6 is 39.7 Å². The average molecular weight is 391 g/mol. The molecular formula is C14H17BrClN3OS. The van der Waals surface area contributed by atoms with Gasteiger partial charge in [0.15, 0.2) is 0 Å². The summed E-state index contributed by atoms with van der Waals surface area (Å²) < 4.78 is 0.784. The monoisotopic (exact) mass is 389 g/mol. The topological polar surface area (TPSA) is 58.4 Å². The molecule has 0 aromatic heterocycles. The summed E-state index contributed by atoms with van der Waals surface area (Å²) in [5.74, 6) is -0.0859. The number of hydrogen-bond donors (Lipinski definition) is 2. The fraction of sp³-hybridized carbons (Fsp3) is 0.429. The lowest BCUT2D eigenvalue weighted by atomic mass is 10.0. The van der Waals surface area contributed by atoms with Gasteiger partial charge in [-0.25, -0.2) is 0 Å². The van der Waals surface area contributed by atoms with Gasteiger partial charge in [-0.05, 0) is 47.0 Å². The van der Waals surface area contributed by atoms with Crippen molar-refractivity contribution < 1.29 is 4.79 Å². The van der Waals surface area contributed by atoms with Crippen LogP contribution in [0.4, 0.5) is 0 Å². The lowest BCUT2D eigenvalue weighted by molar-refractivity contribution is 0.0915. The number of likely N-dealkylation sites (tertiary alicyclic amines) is 1. The summed E-state index contributed by atoms with van der Waals surface area (Å²) >= 11 is 14.2. The number of thiocarbonyl (C=S) groups is 1. The van der Waals surface area contributed by atoms with Crippen LogP contribution < -0.4 is 11.1 Å². The van der Waals surface area contributed by atoms with E-state index in [-0.39, 0.29) is 11.9 Å². The van der Waals surface area contributed by atoms with Gasteiger partial charge in [-0.2, -0.15) is 0 Å². The van der Waals surface area contributed by atoms with Crippen molar-refractivity contribution in [2.75, 3.05) is 19.6 Å². The molecule has 0 bridgehead atoms. The summed E-state index contributed by atoms with van der Waals surface area (Å²) in [6.45, 7) is 2.44. The van der Waals surface area contributed by atoms with Gasteiger partial charge >= 0.3 is 0 Å². The van der Waals surface area contributed by atoms with Gasteiger partial charge in [0.05, 0.1) is 10.0 Å². The molecule has 0 saturated carbocycles. The van der Waals surface area contributed by atoms with Crippen molar-refractivity contribution in [3.05, 3.63) is 33.3 Å². The van der Waals surface area contributed by atoms with Gasteiger partial charge in [-0.3, -0.25) is 9.69 Å². The number of nitrogens with two attached hydrogens (primary N) is 1. The Bertz CT molecular complexity index is 547. The number of carbonyl (C=O) groups is 1. The first kappa shape index (κ1) is 16.7. The Morgan fingerprint density at radius 1 is 1.48 bits per heavy atom. The second-order valence-electron chi connectivity index (χ2n) is 5.12. The van der Waals surface area contributed by atoms with Crippen LogP contribution in [0.25, 0.3) is 0 Å². The van der Waals surface area contributed by atoms with Crippen LogP contribution in [0.2, 0.25) is 5.02 Å². The predicted molar refractivity (Wildman–Crippen MR) is 92.9 cm³/mol. The molecule has 1 aromatic carbocycles. The Kier molecular flexibility index (Phi) is 5.98. The molecule has 1 heterocycles. The number of nitrogens with one attached hydrogen (secondary N) is 1. The van der Waals surface area contributed by atoms with Gasteiger partial charge in [0.25, 0.3) is 5.91 Å². The number of piperidine rings is 1. The molecule has 1 saturated heterocycles. The van der Waals surface area contributed by atoms with Crippen LogP contribution in [0, 0.1) is 0 Å². The smallest absolute Gasteiger partial charge is 0.251 e. The third-order valence-corrected chi connectivity index (χ3v) is 4.85. The van der Waals surface area contributed by atoms with Crippen molar-refractivity contribution >= 4 is 50.6 Å². The standard InChI is InChI=1S/C14H17BrClN3OS/c15-11-2-1-9(7-12(11)16)14(20)18-10-3-5-19(6-4-10)8-13(17)21/h1-2,7,10H,3-6,8H2,(H2,17,21)(H,18,20). The molecule has 7 heteroatoms. The van der Waals surface area contributed by atoms with E-state index in [2.05, 4.69) is 26.1 Å². The quantitative estimate of drug-likeness (QED) is 0.776. The largest absolute Gasteiger partial charge is 0.392 e. The first-order valence-corrected chi connectivity index (χ1v) is 8.30. The Labute approximate surface area is 143 Å². The fourth-order valence-corrected chi connectivity index (χ4v) is 2.97. The van der Waals surface area contributed by atoms with Crippen LogP contribution in [0.5, 0.6) is 0 Å². The minimum absolute atomic E-state index is 0.0859. The lowest BCUT2D eigenvalue weighted by Gasteiger charge is -2.31. The summed E-state index contributed by atoms with van der Waals surface area (Å²) in [6, 6.07) is 5.39. The Hall–Kier alpha value is -0.690. The zero-order valence-corrected chi connectivity index (χ0v) is 14.6. The van der Waals surface area contributed by atoms with Crippen LogP contribution in [0.3, 0.4) is 0 Å². The summed E-state index contributed by atoms with van der Waals surface area (Å²) in [6.07, 6.45) is 1.80.